The molecule has 0 aromatic heterocycles. The van der Waals surface area contributed by atoms with Crippen LogP contribution in [0.2, 0.25) is 0 Å². The Labute approximate surface area is 99.9 Å². The van der Waals surface area contributed by atoms with Crippen molar-refractivity contribution in [3.8, 4) is 0 Å². The molecule has 0 atom stereocenters. The summed E-state index contributed by atoms with van der Waals surface area (Å²) in [6.45, 7) is 0. The zero-order chi connectivity index (χ0) is 14.0. The molecule has 0 amide bonds. The van der Waals surface area contributed by atoms with Gasteiger partial charge in [-0.1, -0.05) is 6.07 Å². The summed E-state index contributed by atoms with van der Waals surface area (Å²) in [5, 5.41) is 44.4. The largest absolute Gasteiger partial charge is 0.489 e. The van der Waals surface area contributed by atoms with E-state index in [4.69, 9.17) is 25.4 Å². The SMILES string of the molecule is O=C(O)c1ccc(B(O)O)c(C(=O)O)c1C(=O)O. The lowest BCUT2D eigenvalue weighted by molar-refractivity contribution is 0.0634. The zero-order valence-electron chi connectivity index (χ0n) is 8.69. The first-order chi connectivity index (χ1) is 8.27. The van der Waals surface area contributed by atoms with Gasteiger partial charge in [0.25, 0.3) is 0 Å². The van der Waals surface area contributed by atoms with Gasteiger partial charge in [0.15, 0.2) is 0 Å². The van der Waals surface area contributed by atoms with E-state index >= 15 is 0 Å². The first-order valence-corrected chi connectivity index (χ1v) is 4.50. The molecule has 0 spiro atoms. The van der Waals surface area contributed by atoms with E-state index in [1.807, 2.05) is 0 Å². The molecule has 1 rings (SSSR count). The van der Waals surface area contributed by atoms with E-state index < -0.39 is 47.2 Å². The molecule has 8 nitrogen and oxygen atoms in total. The van der Waals surface area contributed by atoms with E-state index in [1.54, 1.807) is 0 Å². The highest BCUT2D eigenvalue weighted by atomic mass is 16.4. The fourth-order valence-electron chi connectivity index (χ4n) is 1.46. The molecule has 0 saturated carbocycles. The Bertz CT molecular complexity index is 536. The maximum atomic E-state index is 10.9. The second-order valence-electron chi connectivity index (χ2n) is 3.24. The quantitative estimate of drug-likeness (QED) is 0.405. The predicted octanol–water partition coefficient (Wildman–Crippen LogP) is -1.54. The van der Waals surface area contributed by atoms with Crippen LogP contribution in [0, 0.1) is 0 Å². The van der Waals surface area contributed by atoms with Crippen molar-refractivity contribution >= 4 is 30.5 Å². The third-order valence-corrected chi connectivity index (χ3v) is 2.17. The molecule has 0 saturated heterocycles. The van der Waals surface area contributed by atoms with Crippen molar-refractivity contribution in [1.82, 2.24) is 0 Å². The van der Waals surface area contributed by atoms with Crippen molar-refractivity contribution < 1.29 is 39.8 Å². The monoisotopic (exact) mass is 254 g/mol. The van der Waals surface area contributed by atoms with E-state index in [0.29, 0.717) is 0 Å². The highest BCUT2D eigenvalue weighted by Gasteiger charge is 2.30. The van der Waals surface area contributed by atoms with Gasteiger partial charge in [0, 0.05) is 0 Å². The summed E-state index contributed by atoms with van der Waals surface area (Å²) in [5.74, 6) is -5.18. The molecule has 18 heavy (non-hydrogen) atoms. The van der Waals surface area contributed by atoms with Gasteiger partial charge in [0.1, 0.15) is 0 Å². The third kappa shape index (κ3) is 2.31. The Morgan fingerprint density at radius 1 is 0.833 bits per heavy atom. The van der Waals surface area contributed by atoms with Gasteiger partial charge in [-0.2, -0.15) is 0 Å². The highest BCUT2D eigenvalue weighted by molar-refractivity contribution is 6.60. The summed E-state index contributed by atoms with van der Waals surface area (Å²) >= 11 is 0. The number of carbonyl (C=O) groups is 3. The van der Waals surface area contributed by atoms with E-state index in [0.717, 1.165) is 12.1 Å². The molecular weight excluding hydrogens is 247 g/mol. The van der Waals surface area contributed by atoms with E-state index in [-0.39, 0.29) is 0 Å². The van der Waals surface area contributed by atoms with Crippen LogP contribution in [-0.2, 0) is 0 Å². The van der Waals surface area contributed by atoms with Crippen LogP contribution in [0.25, 0.3) is 0 Å². The summed E-state index contributed by atoms with van der Waals surface area (Å²) in [4.78, 5) is 32.7. The van der Waals surface area contributed by atoms with Crippen molar-refractivity contribution in [2.75, 3.05) is 0 Å². The van der Waals surface area contributed by atoms with Crippen LogP contribution in [0.5, 0.6) is 0 Å². The van der Waals surface area contributed by atoms with Crippen molar-refractivity contribution in [2.24, 2.45) is 0 Å². The Morgan fingerprint density at radius 3 is 1.67 bits per heavy atom. The smallest absolute Gasteiger partial charge is 0.478 e. The van der Waals surface area contributed by atoms with Crippen LogP contribution in [0.1, 0.15) is 31.1 Å². The molecule has 0 bridgehead atoms. The average Bonchev–Trinajstić information content (AvgIpc) is 2.26. The minimum atomic E-state index is -2.22. The Hall–Kier alpha value is -2.39. The van der Waals surface area contributed by atoms with Gasteiger partial charge in [0.05, 0.1) is 16.7 Å². The molecule has 9 heteroatoms. The summed E-state index contributed by atoms with van der Waals surface area (Å²) in [5.41, 5.74) is -3.30. The van der Waals surface area contributed by atoms with E-state index in [9.17, 15) is 14.4 Å². The minimum absolute atomic E-state index is 0.593. The third-order valence-electron chi connectivity index (χ3n) is 2.17. The molecule has 5 N–H and O–H groups in total. The Morgan fingerprint density at radius 2 is 1.33 bits per heavy atom. The van der Waals surface area contributed by atoms with E-state index in [2.05, 4.69) is 0 Å². The Balaban J connectivity index is 3.77. The lowest BCUT2D eigenvalue weighted by Crippen LogP contribution is -2.37. The maximum absolute atomic E-state index is 10.9. The number of carboxylic acid groups (broad SMARTS) is 3. The average molecular weight is 254 g/mol. The number of hydrogen-bond acceptors (Lipinski definition) is 5. The summed E-state index contributed by atoms with van der Waals surface area (Å²) in [6.07, 6.45) is 0. The lowest BCUT2D eigenvalue weighted by atomic mass is 9.74. The van der Waals surface area contributed by atoms with Gasteiger partial charge in [-0.3, -0.25) is 0 Å². The molecule has 1 aromatic carbocycles. The van der Waals surface area contributed by atoms with Crippen molar-refractivity contribution in [3.05, 3.63) is 28.8 Å². The minimum Gasteiger partial charge on any atom is -0.478 e. The van der Waals surface area contributed by atoms with Crippen LogP contribution < -0.4 is 5.46 Å². The molecule has 0 aliphatic rings. The normalized spacial score (nSPS) is 9.89. The van der Waals surface area contributed by atoms with Crippen LogP contribution in [0.15, 0.2) is 12.1 Å². The first-order valence-electron chi connectivity index (χ1n) is 4.50. The standard InChI is InChI=1S/C9H7BO8/c11-7(12)3-1-2-4(10(17)18)6(9(15)16)5(3)8(13)14/h1-2,17-18H,(H,11,12)(H,13,14)(H,15,16). The van der Waals surface area contributed by atoms with Crippen molar-refractivity contribution in [3.63, 3.8) is 0 Å². The first kappa shape index (κ1) is 13.7. The van der Waals surface area contributed by atoms with Crippen molar-refractivity contribution in [2.45, 2.75) is 0 Å². The van der Waals surface area contributed by atoms with Gasteiger partial charge >= 0.3 is 25.0 Å². The molecule has 0 heterocycles. The molecule has 1 aromatic rings. The lowest BCUT2D eigenvalue weighted by Gasteiger charge is -2.10. The fourth-order valence-corrected chi connectivity index (χ4v) is 1.46. The zero-order valence-corrected chi connectivity index (χ0v) is 8.69. The molecule has 0 aliphatic carbocycles. The van der Waals surface area contributed by atoms with E-state index in [1.165, 1.54) is 0 Å². The summed E-state index contributed by atoms with van der Waals surface area (Å²) < 4.78 is 0. The molecule has 0 fully saturated rings. The number of aromatic carboxylic acids is 3. The van der Waals surface area contributed by atoms with Gasteiger partial charge in [-0.05, 0) is 11.5 Å². The van der Waals surface area contributed by atoms with Crippen LogP contribution in [-0.4, -0.2) is 50.4 Å². The maximum Gasteiger partial charge on any atom is 0.489 e. The molecular formula is C9H7BO8. The molecule has 0 aliphatic heterocycles. The number of carboxylic acids is 3. The predicted molar refractivity (Wildman–Crippen MR) is 57.1 cm³/mol. The van der Waals surface area contributed by atoms with Gasteiger partial charge in [-0.15, -0.1) is 0 Å². The number of benzene rings is 1. The molecule has 0 unspecified atom stereocenters. The second-order valence-corrected chi connectivity index (χ2v) is 3.24. The van der Waals surface area contributed by atoms with Crippen LogP contribution in [0.3, 0.4) is 0 Å². The highest BCUT2D eigenvalue weighted by Crippen LogP contribution is 2.14. The van der Waals surface area contributed by atoms with Gasteiger partial charge in [0.2, 0.25) is 0 Å². The molecule has 0 radical (unpaired) electrons. The summed E-state index contributed by atoms with van der Waals surface area (Å²) in [7, 11) is -2.22. The van der Waals surface area contributed by atoms with Crippen LogP contribution >= 0.6 is 0 Å². The number of rotatable bonds is 4. The molecule has 94 valence electrons. The van der Waals surface area contributed by atoms with Gasteiger partial charge < -0.3 is 25.4 Å². The van der Waals surface area contributed by atoms with Crippen molar-refractivity contribution in [1.29, 1.82) is 0 Å². The summed E-state index contributed by atoms with van der Waals surface area (Å²) in [6, 6.07) is 1.64. The van der Waals surface area contributed by atoms with Gasteiger partial charge in [-0.25, -0.2) is 14.4 Å². The number of hydrogen-bond donors (Lipinski definition) is 5. The fraction of sp³-hybridized carbons (Fsp3) is 0. The van der Waals surface area contributed by atoms with Crippen LogP contribution in [0.4, 0.5) is 0 Å². The topological polar surface area (TPSA) is 152 Å². The Kier molecular flexibility index (Phi) is 3.69. The second kappa shape index (κ2) is 4.86.